The predicted molar refractivity (Wildman–Crippen MR) is 154 cm³/mol. The van der Waals surface area contributed by atoms with Crippen LogP contribution in [-0.2, 0) is 22.5 Å². The number of benzene rings is 1. The van der Waals surface area contributed by atoms with Crippen LogP contribution in [0.2, 0.25) is 0 Å². The maximum absolute atomic E-state index is 13.3. The lowest BCUT2D eigenvalue weighted by atomic mass is 9.98. The van der Waals surface area contributed by atoms with Crippen LogP contribution in [0.3, 0.4) is 0 Å². The lowest BCUT2D eigenvalue weighted by molar-refractivity contribution is -0.124. The highest BCUT2D eigenvalue weighted by molar-refractivity contribution is 7.17. The number of carbonyl (C=O) groups excluding carboxylic acids is 2. The van der Waals surface area contributed by atoms with Crippen molar-refractivity contribution in [3.05, 3.63) is 77.7 Å². The first-order valence-electron chi connectivity index (χ1n) is 13.2. The number of ether oxygens (including phenoxy) is 1. The summed E-state index contributed by atoms with van der Waals surface area (Å²) >= 11 is 1.39. The van der Waals surface area contributed by atoms with Crippen LogP contribution in [-0.4, -0.2) is 56.8 Å². The molecule has 5 heterocycles. The van der Waals surface area contributed by atoms with Crippen molar-refractivity contribution in [2.24, 2.45) is 5.92 Å². The zero-order valence-corrected chi connectivity index (χ0v) is 22.9. The third-order valence-electron chi connectivity index (χ3n) is 7.18. The normalized spacial score (nSPS) is 13.9. The summed E-state index contributed by atoms with van der Waals surface area (Å²) in [7, 11) is 1.80. The van der Waals surface area contributed by atoms with Gasteiger partial charge in [-0.05, 0) is 55.3 Å². The van der Waals surface area contributed by atoms with Crippen LogP contribution in [0, 0.1) is 5.92 Å². The zero-order chi connectivity index (χ0) is 27.5. The van der Waals surface area contributed by atoms with Crippen molar-refractivity contribution in [3.8, 4) is 10.4 Å². The van der Waals surface area contributed by atoms with Crippen LogP contribution >= 0.6 is 11.3 Å². The van der Waals surface area contributed by atoms with E-state index < -0.39 is 0 Å². The van der Waals surface area contributed by atoms with Crippen molar-refractivity contribution in [2.45, 2.75) is 25.8 Å². The van der Waals surface area contributed by atoms with E-state index in [4.69, 9.17) is 9.72 Å². The topological polar surface area (TPSA) is 118 Å². The molecular weight excluding hydrogens is 526 g/mol. The zero-order valence-electron chi connectivity index (χ0n) is 22.0. The van der Waals surface area contributed by atoms with Crippen molar-refractivity contribution >= 4 is 45.8 Å². The summed E-state index contributed by atoms with van der Waals surface area (Å²) in [6.07, 6.45) is 7.43. The first-order valence-corrected chi connectivity index (χ1v) is 14.0. The Morgan fingerprint density at radius 3 is 2.83 bits per heavy atom. The van der Waals surface area contributed by atoms with Gasteiger partial charge in [-0.3, -0.25) is 25.0 Å². The van der Waals surface area contributed by atoms with Crippen LogP contribution < -0.4 is 10.2 Å². The molecule has 0 aliphatic carbocycles. The van der Waals surface area contributed by atoms with E-state index in [0.29, 0.717) is 42.5 Å². The molecule has 2 amide bonds. The van der Waals surface area contributed by atoms with Gasteiger partial charge in [-0.1, -0.05) is 6.07 Å². The molecule has 4 aromatic heterocycles. The number of hydrogen-bond acceptors (Lipinski definition) is 7. The van der Waals surface area contributed by atoms with Crippen molar-refractivity contribution in [2.75, 3.05) is 30.5 Å². The fourth-order valence-corrected chi connectivity index (χ4v) is 5.81. The molecule has 2 N–H and O–H groups in total. The summed E-state index contributed by atoms with van der Waals surface area (Å²) in [6.45, 7) is 1.80. The molecule has 40 heavy (non-hydrogen) atoms. The van der Waals surface area contributed by atoms with Crippen LogP contribution in [0.1, 0.15) is 28.2 Å². The summed E-state index contributed by atoms with van der Waals surface area (Å²) in [4.78, 5) is 38.9. The number of aromatic nitrogens is 5. The molecule has 6 rings (SSSR count). The lowest BCUT2D eigenvalue weighted by Crippen LogP contribution is -2.35. The number of aryl methyl sites for hydroxylation is 2. The van der Waals surface area contributed by atoms with Crippen LogP contribution in [0.15, 0.2) is 67.1 Å². The quantitative estimate of drug-likeness (QED) is 0.285. The molecule has 0 spiro atoms. The minimum Gasteiger partial charge on any atom is -0.381 e. The van der Waals surface area contributed by atoms with Crippen LogP contribution in [0.5, 0.6) is 0 Å². The van der Waals surface area contributed by atoms with Gasteiger partial charge in [0.05, 0.1) is 22.1 Å². The highest BCUT2D eigenvalue weighted by Gasteiger charge is 2.26. The number of hydrogen-bond donors (Lipinski definition) is 2. The second-order valence-electron chi connectivity index (χ2n) is 9.72. The van der Waals surface area contributed by atoms with E-state index in [1.54, 1.807) is 36.6 Å². The molecule has 0 atom stereocenters. The first kappa shape index (κ1) is 25.9. The number of thiophene rings is 1. The van der Waals surface area contributed by atoms with Gasteiger partial charge in [0.25, 0.3) is 5.91 Å². The molecule has 0 unspecified atom stereocenters. The molecule has 0 saturated carbocycles. The fraction of sp³-hybridized carbons (Fsp3) is 0.276. The standard InChI is InChI=1S/C29H29N7O3S/c1-35(28(38)19-10-14-39-15-11-19)22-5-6-24-23(16-22)33-29(36(24)13-9-21-4-2-3-12-30-21)34-27(37)26-8-7-25(40-26)20-17-31-32-18-20/h2-8,12,16-19H,9-11,13-15H2,1H3,(H,31,32)(H,33,34,37). The van der Waals surface area contributed by atoms with E-state index in [1.807, 2.05) is 47.0 Å². The molecule has 1 aliphatic rings. The third-order valence-corrected chi connectivity index (χ3v) is 8.31. The SMILES string of the molecule is CN(C(=O)C1CCOCC1)c1ccc2c(c1)nc(NC(=O)c1ccc(-c3cn[nH]c3)s1)n2CCc1ccccn1. The summed E-state index contributed by atoms with van der Waals surface area (Å²) in [6, 6.07) is 15.3. The van der Waals surface area contributed by atoms with Gasteiger partial charge in [-0.2, -0.15) is 5.10 Å². The third kappa shape index (κ3) is 5.38. The van der Waals surface area contributed by atoms with E-state index in [1.165, 1.54) is 11.3 Å². The average Bonchev–Trinajstić information content (AvgIpc) is 3.76. The molecule has 11 heteroatoms. The highest BCUT2D eigenvalue weighted by Crippen LogP contribution is 2.30. The molecule has 1 saturated heterocycles. The molecule has 10 nitrogen and oxygen atoms in total. The van der Waals surface area contributed by atoms with Crippen LogP contribution in [0.4, 0.5) is 11.6 Å². The van der Waals surface area contributed by atoms with Gasteiger partial charge in [-0.15, -0.1) is 11.3 Å². The molecule has 1 aliphatic heterocycles. The van der Waals surface area contributed by atoms with Gasteiger partial charge in [-0.25, -0.2) is 4.98 Å². The van der Waals surface area contributed by atoms with Crippen molar-refractivity contribution in [3.63, 3.8) is 0 Å². The van der Waals surface area contributed by atoms with E-state index in [9.17, 15) is 9.59 Å². The Labute approximate surface area is 235 Å². The largest absolute Gasteiger partial charge is 0.381 e. The number of rotatable bonds is 8. The Bertz CT molecular complexity index is 1620. The summed E-state index contributed by atoms with van der Waals surface area (Å²) in [5.41, 5.74) is 4.21. The Balaban J connectivity index is 1.29. The molecule has 0 bridgehead atoms. The lowest BCUT2D eigenvalue weighted by Gasteiger charge is -2.26. The first-order chi connectivity index (χ1) is 19.6. The Hall–Kier alpha value is -4.35. The fourth-order valence-electron chi connectivity index (χ4n) is 4.93. The molecule has 1 fully saturated rings. The number of nitrogens with one attached hydrogen (secondary N) is 2. The van der Waals surface area contributed by atoms with Gasteiger partial charge in [0.15, 0.2) is 0 Å². The number of pyridine rings is 1. The van der Waals surface area contributed by atoms with Gasteiger partial charge in [0.2, 0.25) is 11.9 Å². The molecular formula is C29H29N7O3S. The van der Waals surface area contributed by atoms with E-state index >= 15 is 0 Å². The second kappa shape index (κ2) is 11.4. The number of fused-ring (bicyclic) bond motifs is 1. The smallest absolute Gasteiger partial charge is 0.268 e. The number of imidazole rings is 1. The molecule has 5 aromatic rings. The predicted octanol–water partition coefficient (Wildman–Crippen LogP) is 4.77. The summed E-state index contributed by atoms with van der Waals surface area (Å²) in [5.74, 6) is 0.251. The van der Waals surface area contributed by atoms with E-state index in [2.05, 4.69) is 20.5 Å². The van der Waals surface area contributed by atoms with Crippen LogP contribution in [0.25, 0.3) is 21.5 Å². The minimum absolute atomic E-state index is 0.0436. The van der Waals surface area contributed by atoms with Gasteiger partial charge < -0.3 is 14.2 Å². The second-order valence-corrected chi connectivity index (χ2v) is 10.8. The van der Waals surface area contributed by atoms with E-state index in [0.717, 1.165) is 40.2 Å². The Morgan fingerprint density at radius 2 is 2.05 bits per heavy atom. The maximum Gasteiger partial charge on any atom is 0.268 e. The minimum atomic E-state index is -0.235. The number of H-pyrrole nitrogens is 1. The average molecular weight is 556 g/mol. The van der Waals surface area contributed by atoms with Gasteiger partial charge >= 0.3 is 0 Å². The Morgan fingerprint density at radius 1 is 1.18 bits per heavy atom. The van der Waals surface area contributed by atoms with Gasteiger partial charge in [0.1, 0.15) is 0 Å². The number of nitrogens with zero attached hydrogens (tertiary/aromatic N) is 5. The highest BCUT2D eigenvalue weighted by atomic mass is 32.1. The number of amides is 2. The molecule has 0 radical (unpaired) electrons. The maximum atomic E-state index is 13.3. The summed E-state index contributed by atoms with van der Waals surface area (Å²) < 4.78 is 7.42. The van der Waals surface area contributed by atoms with Crippen molar-refractivity contribution in [1.29, 1.82) is 0 Å². The number of anilines is 2. The molecule has 204 valence electrons. The van der Waals surface area contributed by atoms with E-state index in [-0.39, 0.29) is 17.7 Å². The number of aromatic amines is 1. The van der Waals surface area contributed by atoms with Gasteiger partial charge in [0, 0.05) is 73.4 Å². The Kier molecular flexibility index (Phi) is 7.39. The number of carbonyl (C=O) groups is 2. The monoisotopic (exact) mass is 555 g/mol. The van der Waals surface area contributed by atoms with Crippen molar-refractivity contribution in [1.82, 2.24) is 24.7 Å². The summed E-state index contributed by atoms with van der Waals surface area (Å²) in [5, 5.41) is 9.81. The van der Waals surface area contributed by atoms with Crippen molar-refractivity contribution < 1.29 is 14.3 Å². The molecule has 1 aromatic carbocycles.